The zero-order valence-electron chi connectivity index (χ0n) is 18.2. The van der Waals surface area contributed by atoms with Gasteiger partial charge in [0.15, 0.2) is 0 Å². The number of carbonyl (C=O) groups excluding carboxylic acids is 3. The van der Waals surface area contributed by atoms with Crippen LogP contribution in [0.1, 0.15) is 62.0 Å². The normalized spacial score (nSPS) is 12.9. The lowest BCUT2D eigenvalue weighted by Crippen LogP contribution is -2.30. The Morgan fingerprint density at radius 2 is 1.82 bits per heavy atom. The first kappa shape index (κ1) is 22.3. The molecule has 0 spiro atoms. The van der Waals surface area contributed by atoms with Crippen molar-refractivity contribution in [1.29, 1.82) is 0 Å². The van der Waals surface area contributed by atoms with Gasteiger partial charge in [-0.1, -0.05) is 13.3 Å². The topological polar surface area (TPSA) is 84.3 Å². The molecule has 1 aromatic heterocycles. The molecule has 2 heterocycles. The summed E-state index contributed by atoms with van der Waals surface area (Å²) in [5.74, 6) is -2.14. The summed E-state index contributed by atoms with van der Waals surface area (Å²) in [6.07, 6.45) is 3.05. The quantitative estimate of drug-likeness (QED) is 0.546. The van der Waals surface area contributed by atoms with Crippen LogP contribution in [0, 0.1) is 18.6 Å². The number of fused-ring (bicyclic) bond motifs is 1. The summed E-state index contributed by atoms with van der Waals surface area (Å²) in [4.78, 5) is 39.3. The van der Waals surface area contributed by atoms with Crippen molar-refractivity contribution in [3.05, 3.63) is 82.0 Å². The van der Waals surface area contributed by atoms with Gasteiger partial charge in [0.1, 0.15) is 17.5 Å². The second-order valence-electron chi connectivity index (χ2n) is 7.90. The maximum Gasteiger partial charge on any atom is 0.261 e. The monoisotopic (exact) mass is 452 g/mol. The SMILES string of the molecule is CCCCN1C(=O)c2ccc(C(=O)Nc3c(C)cnn3Cc3cc(F)ccc3F)cc2C1=O. The van der Waals surface area contributed by atoms with Crippen molar-refractivity contribution in [2.24, 2.45) is 0 Å². The average Bonchev–Trinajstić information content (AvgIpc) is 3.25. The van der Waals surface area contributed by atoms with Gasteiger partial charge in [-0.05, 0) is 49.7 Å². The van der Waals surface area contributed by atoms with Crippen LogP contribution in [0.25, 0.3) is 0 Å². The summed E-state index contributed by atoms with van der Waals surface area (Å²) in [5.41, 5.74) is 1.36. The van der Waals surface area contributed by atoms with E-state index in [1.54, 1.807) is 6.92 Å². The minimum absolute atomic E-state index is 0.0856. The summed E-state index contributed by atoms with van der Waals surface area (Å²) in [6.45, 7) is 3.93. The Hall–Kier alpha value is -3.88. The van der Waals surface area contributed by atoms with Gasteiger partial charge in [-0.25, -0.2) is 13.5 Å². The standard InChI is InChI=1S/C24H22F2N4O3/c1-3-4-9-29-23(32)18-7-5-15(11-19(18)24(29)33)22(31)28-21-14(2)12-27-30(21)13-16-10-17(25)6-8-20(16)26/h5-8,10-12H,3-4,9,13H2,1-2H3,(H,28,31). The van der Waals surface area contributed by atoms with Crippen molar-refractivity contribution in [3.8, 4) is 0 Å². The number of hydrogen-bond acceptors (Lipinski definition) is 4. The Morgan fingerprint density at radius 3 is 2.58 bits per heavy atom. The summed E-state index contributed by atoms with van der Waals surface area (Å²) in [6, 6.07) is 7.49. The molecule has 7 nitrogen and oxygen atoms in total. The van der Waals surface area contributed by atoms with Gasteiger partial charge in [-0.15, -0.1) is 0 Å². The number of benzene rings is 2. The molecule has 0 fully saturated rings. The molecule has 1 aliphatic heterocycles. The van der Waals surface area contributed by atoms with E-state index in [4.69, 9.17) is 0 Å². The Labute approximate surface area is 189 Å². The second-order valence-corrected chi connectivity index (χ2v) is 7.90. The second kappa shape index (κ2) is 8.93. The van der Waals surface area contributed by atoms with Crippen LogP contribution in [0.5, 0.6) is 0 Å². The van der Waals surface area contributed by atoms with Gasteiger partial charge in [0.25, 0.3) is 17.7 Å². The van der Waals surface area contributed by atoms with E-state index in [1.165, 1.54) is 34.0 Å². The summed E-state index contributed by atoms with van der Waals surface area (Å²) in [5, 5.41) is 6.88. The maximum atomic E-state index is 14.1. The van der Waals surface area contributed by atoms with E-state index in [0.717, 1.165) is 24.6 Å². The van der Waals surface area contributed by atoms with E-state index in [2.05, 4.69) is 10.4 Å². The van der Waals surface area contributed by atoms with Crippen molar-refractivity contribution in [2.75, 3.05) is 11.9 Å². The fourth-order valence-electron chi connectivity index (χ4n) is 3.72. The highest BCUT2D eigenvalue weighted by molar-refractivity contribution is 6.22. The number of aryl methyl sites for hydroxylation is 1. The predicted octanol–water partition coefficient (Wildman–Crippen LogP) is 4.17. The van der Waals surface area contributed by atoms with E-state index in [9.17, 15) is 23.2 Å². The van der Waals surface area contributed by atoms with Crippen molar-refractivity contribution in [3.63, 3.8) is 0 Å². The van der Waals surface area contributed by atoms with Gasteiger partial charge >= 0.3 is 0 Å². The molecule has 0 bridgehead atoms. The van der Waals surface area contributed by atoms with Crippen LogP contribution in [0.2, 0.25) is 0 Å². The zero-order valence-corrected chi connectivity index (χ0v) is 18.2. The van der Waals surface area contributed by atoms with Crippen molar-refractivity contribution in [1.82, 2.24) is 14.7 Å². The molecule has 0 saturated carbocycles. The number of unbranched alkanes of at least 4 members (excludes halogenated alkanes) is 1. The zero-order chi connectivity index (χ0) is 23.7. The van der Waals surface area contributed by atoms with Gasteiger partial charge in [-0.3, -0.25) is 19.3 Å². The van der Waals surface area contributed by atoms with Crippen molar-refractivity contribution in [2.45, 2.75) is 33.2 Å². The molecule has 0 atom stereocenters. The number of aromatic nitrogens is 2. The Bertz CT molecular complexity index is 1270. The molecule has 0 unspecified atom stereocenters. The molecule has 3 aromatic rings. The highest BCUT2D eigenvalue weighted by Crippen LogP contribution is 2.25. The highest BCUT2D eigenvalue weighted by atomic mass is 19.1. The van der Waals surface area contributed by atoms with Crippen LogP contribution in [-0.4, -0.2) is 38.9 Å². The van der Waals surface area contributed by atoms with Crippen LogP contribution in [0.15, 0.2) is 42.6 Å². The van der Waals surface area contributed by atoms with E-state index in [0.29, 0.717) is 24.3 Å². The molecule has 1 N–H and O–H groups in total. The van der Waals surface area contributed by atoms with Crippen LogP contribution in [-0.2, 0) is 6.54 Å². The third-order valence-electron chi connectivity index (χ3n) is 5.55. The average molecular weight is 452 g/mol. The first-order valence-electron chi connectivity index (χ1n) is 10.6. The van der Waals surface area contributed by atoms with Crippen LogP contribution >= 0.6 is 0 Å². The molecular formula is C24H22F2N4O3. The molecule has 9 heteroatoms. The number of anilines is 1. The van der Waals surface area contributed by atoms with E-state index < -0.39 is 23.4 Å². The molecular weight excluding hydrogens is 430 g/mol. The summed E-state index contributed by atoms with van der Waals surface area (Å²) >= 11 is 0. The molecule has 33 heavy (non-hydrogen) atoms. The number of halogens is 2. The van der Waals surface area contributed by atoms with Crippen LogP contribution in [0.3, 0.4) is 0 Å². The fraction of sp³-hybridized carbons (Fsp3) is 0.250. The number of carbonyl (C=O) groups is 3. The largest absolute Gasteiger partial charge is 0.307 e. The Kier molecular flexibility index (Phi) is 6.04. The molecule has 0 aliphatic carbocycles. The minimum Gasteiger partial charge on any atom is -0.307 e. The minimum atomic E-state index is -0.587. The third kappa shape index (κ3) is 4.26. The van der Waals surface area contributed by atoms with Gasteiger partial charge in [-0.2, -0.15) is 5.10 Å². The molecule has 0 saturated heterocycles. The molecule has 0 radical (unpaired) electrons. The molecule has 4 rings (SSSR count). The number of amides is 3. The van der Waals surface area contributed by atoms with Crippen LogP contribution in [0.4, 0.5) is 14.6 Å². The van der Waals surface area contributed by atoms with Gasteiger partial charge in [0.2, 0.25) is 0 Å². The van der Waals surface area contributed by atoms with Gasteiger partial charge in [0, 0.05) is 23.2 Å². The number of hydrogen-bond donors (Lipinski definition) is 1. The lowest BCUT2D eigenvalue weighted by Gasteiger charge is -2.12. The molecule has 2 aromatic carbocycles. The van der Waals surface area contributed by atoms with Crippen molar-refractivity contribution >= 4 is 23.5 Å². The lowest BCUT2D eigenvalue weighted by molar-refractivity contribution is 0.0652. The van der Waals surface area contributed by atoms with Gasteiger partial charge < -0.3 is 5.32 Å². The number of nitrogens with one attached hydrogen (secondary N) is 1. The maximum absolute atomic E-state index is 14.1. The van der Waals surface area contributed by atoms with Gasteiger partial charge in [0.05, 0.1) is 23.9 Å². The smallest absolute Gasteiger partial charge is 0.261 e. The summed E-state index contributed by atoms with van der Waals surface area (Å²) in [7, 11) is 0. The Morgan fingerprint density at radius 1 is 1.06 bits per heavy atom. The number of imide groups is 1. The van der Waals surface area contributed by atoms with E-state index in [-0.39, 0.29) is 34.7 Å². The fourth-order valence-corrected chi connectivity index (χ4v) is 3.72. The predicted molar refractivity (Wildman–Crippen MR) is 117 cm³/mol. The summed E-state index contributed by atoms with van der Waals surface area (Å²) < 4.78 is 29.0. The first-order valence-corrected chi connectivity index (χ1v) is 10.6. The molecule has 170 valence electrons. The van der Waals surface area contributed by atoms with Crippen LogP contribution < -0.4 is 5.32 Å². The van der Waals surface area contributed by atoms with E-state index in [1.807, 2.05) is 6.92 Å². The first-order chi connectivity index (χ1) is 15.8. The molecule has 1 aliphatic rings. The lowest BCUT2D eigenvalue weighted by atomic mass is 10.1. The van der Waals surface area contributed by atoms with E-state index >= 15 is 0 Å². The third-order valence-corrected chi connectivity index (χ3v) is 5.55. The Balaban J connectivity index is 1.57. The number of rotatable bonds is 7. The highest BCUT2D eigenvalue weighted by Gasteiger charge is 2.35. The number of nitrogens with zero attached hydrogens (tertiary/aromatic N) is 3. The molecule has 3 amide bonds. The van der Waals surface area contributed by atoms with Crippen molar-refractivity contribution < 1.29 is 23.2 Å².